The van der Waals surface area contributed by atoms with Gasteiger partial charge in [0.2, 0.25) is 0 Å². The molecule has 0 spiro atoms. The van der Waals surface area contributed by atoms with Crippen LogP contribution in [-0.4, -0.2) is 18.0 Å². The summed E-state index contributed by atoms with van der Waals surface area (Å²) in [7, 11) is 2.23. The minimum atomic E-state index is -0.165. The van der Waals surface area contributed by atoms with E-state index in [1.54, 1.807) is 6.07 Å². The lowest BCUT2D eigenvalue weighted by molar-refractivity contribution is 0.237. The van der Waals surface area contributed by atoms with Crippen LogP contribution in [0, 0.1) is 11.3 Å². The summed E-state index contributed by atoms with van der Waals surface area (Å²) < 4.78 is 0. The van der Waals surface area contributed by atoms with Gasteiger partial charge in [0, 0.05) is 19.5 Å². The molecular formula is C28H36Cl2N2. The maximum absolute atomic E-state index is 7.32. The Morgan fingerprint density at radius 2 is 1.44 bits per heavy atom. The van der Waals surface area contributed by atoms with Gasteiger partial charge in [0.15, 0.2) is 0 Å². The molecule has 172 valence electrons. The van der Waals surface area contributed by atoms with Crippen LogP contribution in [0.1, 0.15) is 81.0 Å². The molecule has 0 heterocycles. The minimum Gasteiger partial charge on any atom is -0.299 e. The number of nitrogens with zero attached hydrogens (tertiary/aromatic N) is 2. The third-order valence-electron chi connectivity index (χ3n) is 7.27. The van der Waals surface area contributed by atoms with Crippen LogP contribution in [0.25, 0.3) is 0 Å². The molecule has 2 aromatic rings. The summed E-state index contributed by atoms with van der Waals surface area (Å²) in [6.07, 6.45) is 8.98. The second-order valence-corrected chi connectivity index (χ2v) is 10.9. The molecule has 0 radical (unpaired) electrons. The van der Waals surface area contributed by atoms with E-state index in [4.69, 9.17) is 28.5 Å². The highest BCUT2D eigenvalue weighted by atomic mass is 35.5. The summed E-state index contributed by atoms with van der Waals surface area (Å²) >= 11 is 14.1. The van der Waals surface area contributed by atoms with Crippen LogP contribution in [0.15, 0.2) is 48.5 Å². The molecule has 0 aliphatic heterocycles. The number of hydrogen-bond donors (Lipinski definition) is 0. The molecule has 2 saturated carbocycles. The Balaban J connectivity index is 0.000000913. The molecule has 0 amide bonds. The SMILES string of the molecule is CC#N.CC(CCc1c(C2(Cl)CCC2)cccc1C1(Cl)CCC1)N(C)Cc1ccccc1. The van der Waals surface area contributed by atoms with Gasteiger partial charge in [-0.15, -0.1) is 23.2 Å². The molecule has 1 atom stereocenters. The molecule has 2 nitrogen and oxygen atoms in total. The summed E-state index contributed by atoms with van der Waals surface area (Å²) in [5.41, 5.74) is 5.52. The maximum atomic E-state index is 7.32. The van der Waals surface area contributed by atoms with Gasteiger partial charge >= 0.3 is 0 Å². The van der Waals surface area contributed by atoms with Crippen LogP contribution in [0.5, 0.6) is 0 Å². The van der Waals surface area contributed by atoms with Crippen molar-refractivity contribution in [2.75, 3.05) is 7.05 Å². The predicted octanol–water partition coefficient (Wildman–Crippen LogP) is 7.91. The maximum Gasteiger partial charge on any atom is 0.0697 e. The van der Waals surface area contributed by atoms with Crippen LogP contribution in [0.3, 0.4) is 0 Å². The van der Waals surface area contributed by atoms with E-state index in [9.17, 15) is 0 Å². The van der Waals surface area contributed by atoms with Crippen molar-refractivity contribution in [2.45, 2.75) is 87.5 Å². The van der Waals surface area contributed by atoms with Crippen LogP contribution >= 0.6 is 23.2 Å². The number of benzene rings is 2. The third kappa shape index (κ3) is 5.69. The van der Waals surface area contributed by atoms with E-state index in [-0.39, 0.29) is 9.75 Å². The molecule has 0 saturated heterocycles. The predicted molar refractivity (Wildman–Crippen MR) is 136 cm³/mol. The molecule has 32 heavy (non-hydrogen) atoms. The van der Waals surface area contributed by atoms with Gasteiger partial charge in [0.25, 0.3) is 0 Å². The zero-order chi connectivity index (χ0) is 23.2. The first-order valence-corrected chi connectivity index (χ1v) is 12.6. The molecule has 1 unspecified atom stereocenters. The zero-order valence-electron chi connectivity index (χ0n) is 19.7. The van der Waals surface area contributed by atoms with Crippen LogP contribution in [-0.2, 0) is 22.7 Å². The van der Waals surface area contributed by atoms with Crippen molar-refractivity contribution in [2.24, 2.45) is 0 Å². The van der Waals surface area contributed by atoms with Gasteiger partial charge < -0.3 is 0 Å². The fourth-order valence-electron chi connectivity index (χ4n) is 4.81. The number of halogens is 2. The largest absolute Gasteiger partial charge is 0.299 e. The smallest absolute Gasteiger partial charge is 0.0697 e. The van der Waals surface area contributed by atoms with Crippen LogP contribution in [0.2, 0.25) is 0 Å². The fraction of sp³-hybridized carbons (Fsp3) is 0.536. The Labute approximate surface area is 204 Å². The number of hydrogen-bond acceptors (Lipinski definition) is 2. The molecular weight excluding hydrogens is 435 g/mol. The molecule has 2 fully saturated rings. The lowest BCUT2D eigenvalue weighted by Gasteiger charge is -2.42. The highest BCUT2D eigenvalue weighted by Gasteiger charge is 2.42. The molecule has 4 heteroatoms. The molecule has 0 N–H and O–H groups in total. The van der Waals surface area contributed by atoms with Gasteiger partial charge in [-0.3, -0.25) is 4.90 Å². The first-order chi connectivity index (χ1) is 15.3. The normalized spacial score (nSPS) is 19.0. The van der Waals surface area contributed by atoms with E-state index in [2.05, 4.69) is 67.4 Å². The topological polar surface area (TPSA) is 27.0 Å². The van der Waals surface area contributed by atoms with Crippen molar-refractivity contribution >= 4 is 23.2 Å². The second kappa shape index (κ2) is 11.1. The Hall–Kier alpha value is -1.53. The van der Waals surface area contributed by atoms with Crippen molar-refractivity contribution in [3.05, 3.63) is 70.8 Å². The van der Waals surface area contributed by atoms with Crippen molar-refractivity contribution < 1.29 is 0 Å². The van der Waals surface area contributed by atoms with Crippen LogP contribution < -0.4 is 0 Å². The average Bonchev–Trinajstić information content (AvgIpc) is 2.75. The van der Waals surface area contributed by atoms with Gasteiger partial charge in [-0.2, -0.15) is 5.26 Å². The third-order valence-corrected chi connectivity index (χ3v) is 8.44. The van der Waals surface area contributed by atoms with Gasteiger partial charge in [-0.1, -0.05) is 48.5 Å². The van der Waals surface area contributed by atoms with Gasteiger partial charge in [0.1, 0.15) is 0 Å². The van der Waals surface area contributed by atoms with E-state index in [0.29, 0.717) is 6.04 Å². The Morgan fingerprint density at radius 1 is 0.938 bits per heavy atom. The van der Waals surface area contributed by atoms with Crippen molar-refractivity contribution in [3.63, 3.8) is 0 Å². The summed E-state index contributed by atoms with van der Waals surface area (Å²) in [6, 6.07) is 19.7. The van der Waals surface area contributed by atoms with Crippen molar-refractivity contribution in [1.82, 2.24) is 4.90 Å². The molecule has 4 rings (SSSR count). The van der Waals surface area contributed by atoms with E-state index in [1.807, 2.05) is 0 Å². The highest BCUT2D eigenvalue weighted by molar-refractivity contribution is 6.25. The van der Waals surface area contributed by atoms with Crippen LogP contribution in [0.4, 0.5) is 0 Å². The molecule has 2 aliphatic carbocycles. The number of alkyl halides is 2. The Bertz CT molecular complexity index is 873. The standard InChI is InChI=1S/C26H33Cl2N.C2H3N/c1-20(29(2)19-21-9-4-3-5-10-21)13-14-22-23(25(27)15-7-16-25)11-6-12-24(22)26(28)17-8-18-26;1-2-3/h3-6,9-12,20H,7-8,13-19H2,1-2H3;1H3. The van der Waals surface area contributed by atoms with E-state index >= 15 is 0 Å². The first-order valence-electron chi connectivity index (χ1n) is 11.9. The second-order valence-electron chi connectivity index (χ2n) is 9.48. The minimum absolute atomic E-state index is 0.165. The van der Waals surface area contributed by atoms with Gasteiger partial charge in [0.05, 0.1) is 15.8 Å². The fourth-order valence-corrected chi connectivity index (χ4v) is 5.70. The van der Waals surface area contributed by atoms with E-state index in [1.165, 1.54) is 42.0 Å². The van der Waals surface area contributed by atoms with E-state index < -0.39 is 0 Å². The van der Waals surface area contributed by atoms with Gasteiger partial charge in [-0.05, 0) is 87.6 Å². The summed E-state index contributed by atoms with van der Waals surface area (Å²) in [4.78, 5) is 2.13. The Morgan fingerprint density at radius 3 is 1.88 bits per heavy atom. The summed E-state index contributed by atoms with van der Waals surface area (Å²) in [5, 5.41) is 7.32. The van der Waals surface area contributed by atoms with Crippen molar-refractivity contribution in [1.29, 1.82) is 5.26 Å². The molecule has 2 aromatic carbocycles. The molecule has 0 aromatic heterocycles. The van der Waals surface area contributed by atoms with Gasteiger partial charge in [-0.25, -0.2) is 0 Å². The molecule has 0 bridgehead atoms. The lowest BCUT2D eigenvalue weighted by Crippen LogP contribution is -2.34. The number of nitriles is 1. The highest BCUT2D eigenvalue weighted by Crippen LogP contribution is 2.53. The first kappa shape index (κ1) is 25.1. The monoisotopic (exact) mass is 470 g/mol. The van der Waals surface area contributed by atoms with E-state index in [0.717, 1.165) is 45.1 Å². The lowest BCUT2D eigenvalue weighted by atomic mass is 9.71. The summed E-state index contributed by atoms with van der Waals surface area (Å²) in [5.74, 6) is 0. The number of rotatable bonds is 8. The average molecular weight is 472 g/mol. The summed E-state index contributed by atoms with van der Waals surface area (Å²) in [6.45, 7) is 4.75. The quantitative estimate of drug-likeness (QED) is 0.366. The van der Waals surface area contributed by atoms with Crippen molar-refractivity contribution in [3.8, 4) is 6.07 Å². The molecule has 2 aliphatic rings. The Kier molecular flexibility index (Phi) is 8.68. The zero-order valence-corrected chi connectivity index (χ0v) is 21.2.